The highest BCUT2D eigenvalue weighted by molar-refractivity contribution is 5.87. The number of aromatic nitrogens is 1. The quantitative estimate of drug-likeness (QED) is 0.339. The molecule has 0 aliphatic rings. The van der Waals surface area contributed by atoms with Gasteiger partial charge >= 0.3 is 0 Å². The molecular formula is C10H7N5O. The summed E-state index contributed by atoms with van der Waals surface area (Å²) in [6.45, 7) is 0.146. The van der Waals surface area contributed by atoms with E-state index < -0.39 is 0 Å². The summed E-state index contributed by atoms with van der Waals surface area (Å²) >= 11 is 0. The molecule has 16 heavy (non-hydrogen) atoms. The predicted molar refractivity (Wildman–Crippen MR) is 59.3 cm³/mol. The number of nitrogens with two attached hydrogens (primary N) is 1. The van der Waals surface area contributed by atoms with Crippen LogP contribution in [-0.4, -0.2) is 11.7 Å². The van der Waals surface area contributed by atoms with Crippen LogP contribution in [0.5, 0.6) is 0 Å². The predicted octanol–water partition coefficient (Wildman–Crippen LogP) is 2.07. The molecule has 6 nitrogen and oxygen atoms in total. The SMILES string of the molecule is [N-]=[N+]=NCC#Cc1ccc2onc(N)c2c1. The summed E-state index contributed by atoms with van der Waals surface area (Å²) in [6.07, 6.45) is 0. The summed E-state index contributed by atoms with van der Waals surface area (Å²) in [5.74, 6) is 5.91. The Morgan fingerprint density at radius 1 is 1.56 bits per heavy atom. The lowest BCUT2D eigenvalue weighted by Gasteiger charge is -1.89. The fourth-order valence-corrected chi connectivity index (χ4v) is 1.24. The molecular weight excluding hydrogens is 206 g/mol. The molecule has 0 aliphatic heterocycles. The standard InChI is InChI=1S/C10H7N5O/c11-10-8-6-7(2-1-5-13-15-12)3-4-9(8)16-14-10/h3-4,6H,5H2,(H2,11,14). The first-order valence-electron chi connectivity index (χ1n) is 4.46. The normalized spacial score (nSPS) is 9.25. The van der Waals surface area contributed by atoms with Gasteiger partial charge in [0.15, 0.2) is 11.4 Å². The van der Waals surface area contributed by atoms with E-state index in [9.17, 15) is 0 Å². The number of fused-ring (bicyclic) bond motifs is 1. The van der Waals surface area contributed by atoms with Crippen molar-refractivity contribution < 1.29 is 4.52 Å². The van der Waals surface area contributed by atoms with Crippen molar-refractivity contribution in [2.24, 2.45) is 5.11 Å². The number of anilines is 1. The molecule has 1 heterocycles. The van der Waals surface area contributed by atoms with E-state index in [1.54, 1.807) is 18.2 Å². The van der Waals surface area contributed by atoms with E-state index in [-0.39, 0.29) is 6.54 Å². The third-order valence-electron chi connectivity index (χ3n) is 1.94. The summed E-state index contributed by atoms with van der Waals surface area (Å²) < 4.78 is 4.96. The largest absolute Gasteiger partial charge is 0.380 e. The lowest BCUT2D eigenvalue weighted by atomic mass is 10.1. The first kappa shape index (κ1) is 9.90. The van der Waals surface area contributed by atoms with Gasteiger partial charge in [-0.25, -0.2) is 0 Å². The average molecular weight is 213 g/mol. The lowest BCUT2D eigenvalue weighted by Crippen LogP contribution is -1.83. The maximum Gasteiger partial charge on any atom is 0.174 e. The molecule has 0 unspecified atom stereocenters. The Hall–Kier alpha value is -2.64. The van der Waals surface area contributed by atoms with E-state index >= 15 is 0 Å². The maximum absolute atomic E-state index is 8.07. The first-order chi connectivity index (χ1) is 7.81. The van der Waals surface area contributed by atoms with E-state index in [4.69, 9.17) is 15.8 Å². The Balaban J connectivity index is 2.33. The van der Waals surface area contributed by atoms with Crippen LogP contribution in [0, 0.1) is 11.8 Å². The van der Waals surface area contributed by atoms with Crippen molar-refractivity contribution in [2.75, 3.05) is 12.3 Å². The molecule has 6 heteroatoms. The number of azide groups is 1. The molecule has 0 fully saturated rings. The Morgan fingerprint density at radius 3 is 3.25 bits per heavy atom. The van der Waals surface area contributed by atoms with Gasteiger partial charge in [-0.3, -0.25) is 0 Å². The Bertz CT molecular complexity index is 627. The van der Waals surface area contributed by atoms with E-state index in [0.717, 1.165) is 10.9 Å². The highest BCUT2D eigenvalue weighted by atomic mass is 16.5. The fraction of sp³-hybridized carbons (Fsp3) is 0.100. The van der Waals surface area contributed by atoms with Crippen LogP contribution in [0.25, 0.3) is 21.4 Å². The third kappa shape index (κ3) is 1.90. The van der Waals surface area contributed by atoms with E-state index in [0.29, 0.717) is 11.4 Å². The topological polar surface area (TPSA) is 101 Å². The van der Waals surface area contributed by atoms with E-state index in [1.165, 1.54) is 0 Å². The van der Waals surface area contributed by atoms with Crippen molar-refractivity contribution >= 4 is 16.8 Å². The zero-order chi connectivity index (χ0) is 11.4. The first-order valence-corrected chi connectivity index (χ1v) is 4.46. The molecule has 2 aromatic rings. The number of benzene rings is 1. The number of nitrogen functional groups attached to an aromatic ring is 1. The molecule has 1 aromatic heterocycles. The number of hydrogen-bond donors (Lipinski definition) is 1. The van der Waals surface area contributed by atoms with Crippen molar-refractivity contribution in [3.8, 4) is 11.8 Å². The monoisotopic (exact) mass is 213 g/mol. The van der Waals surface area contributed by atoms with Crippen molar-refractivity contribution in [3.05, 3.63) is 34.2 Å². The van der Waals surface area contributed by atoms with Crippen LogP contribution in [0.2, 0.25) is 0 Å². The molecule has 0 radical (unpaired) electrons. The summed E-state index contributed by atoms with van der Waals surface area (Å²) in [5.41, 5.74) is 15.1. The van der Waals surface area contributed by atoms with Gasteiger partial charge in [-0.1, -0.05) is 22.1 Å². The van der Waals surface area contributed by atoms with Crippen LogP contribution in [0.1, 0.15) is 5.56 Å². The van der Waals surface area contributed by atoms with Gasteiger partial charge in [0.25, 0.3) is 0 Å². The van der Waals surface area contributed by atoms with Crippen molar-refractivity contribution in [2.45, 2.75) is 0 Å². The number of hydrogen-bond acceptors (Lipinski definition) is 4. The minimum atomic E-state index is 0.146. The lowest BCUT2D eigenvalue weighted by molar-refractivity contribution is 0.460. The van der Waals surface area contributed by atoms with Crippen LogP contribution < -0.4 is 5.73 Å². The molecule has 2 N–H and O–H groups in total. The summed E-state index contributed by atoms with van der Waals surface area (Å²) in [7, 11) is 0. The second-order valence-corrected chi connectivity index (χ2v) is 2.97. The van der Waals surface area contributed by atoms with Gasteiger partial charge in [-0.2, -0.15) is 0 Å². The summed E-state index contributed by atoms with van der Waals surface area (Å²) in [4.78, 5) is 2.60. The molecule has 78 valence electrons. The molecule has 0 saturated carbocycles. The molecule has 0 atom stereocenters. The zero-order valence-electron chi connectivity index (χ0n) is 8.21. The number of rotatable bonds is 1. The Kier molecular flexibility index (Phi) is 2.63. The van der Waals surface area contributed by atoms with Gasteiger partial charge in [0, 0.05) is 10.5 Å². The average Bonchev–Trinajstić information content (AvgIpc) is 2.67. The smallest absolute Gasteiger partial charge is 0.174 e. The molecule has 0 bridgehead atoms. The van der Waals surface area contributed by atoms with E-state index in [2.05, 4.69) is 27.0 Å². The summed E-state index contributed by atoms with van der Waals surface area (Å²) in [6, 6.07) is 5.32. The fourth-order valence-electron chi connectivity index (χ4n) is 1.24. The molecule has 1 aromatic carbocycles. The van der Waals surface area contributed by atoms with Crippen LogP contribution in [0.15, 0.2) is 27.8 Å². The van der Waals surface area contributed by atoms with E-state index in [1.807, 2.05) is 0 Å². The molecule has 2 rings (SSSR count). The highest BCUT2D eigenvalue weighted by Crippen LogP contribution is 2.20. The third-order valence-corrected chi connectivity index (χ3v) is 1.94. The van der Waals surface area contributed by atoms with Crippen LogP contribution in [-0.2, 0) is 0 Å². The second-order valence-electron chi connectivity index (χ2n) is 2.97. The van der Waals surface area contributed by atoms with Gasteiger partial charge < -0.3 is 10.3 Å². The summed E-state index contributed by atoms with van der Waals surface area (Å²) in [5, 5.41) is 7.67. The van der Waals surface area contributed by atoms with Gasteiger partial charge in [-0.15, -0.1) is 0 Å². The van der Waals surface area contributed by atoms with Crippen molar-refractivity contribution in [1.82, 2.24) is 5.16 Å². The van der Waals surface area contributed by atoms with Gasteiger partial charge in [0.05, 0.1) is 11.9 Å². The van der Waals surface area contributed by atoms with Gasteiger partial charge in [0.2, 0.25) is 0 Å². The van der Waals surface area contributed by atoms with Crippen molar-refractivity contribution in [3.63, 3.8) is 0 Å². The number of nitrogens with zero attached hydrogens (tertiary/aromatic N) is 4. The second kappa shape index (κ2) is 4.26. The molecule has 0 spiro atoms. The molecule has 0 aliphatic carbocycles. The minimum Gasteiger partial charge on any atom is -0.380 e. The Labute approximate surface area is 90.6 Å². The molecule has 0 saturated heterocycles. The van der Waals surface area contributed by atoms with Crippen LogP contribution in [0.4, 0.5) is 5.82 Å². The van der Waals surface area contributed by atoms with Gasteiger partial charge in [-0.05, 0) is 23.7 Å². The van der Waals surface area contributed by atoms with Crippen LogP contribution in [0.3, 0.4) is 0 Å². The molecule has 0 amide bonds. The highest BCUT2D eigenvalue weighted by Gasteiger charge is 2.03. The maximum atomic E-state index is 8.07. The zero-order valence-corrected chi connectivity index (χ0v) is 8.21. The van der Waals surface area contributed by atoms with Crippen LogP contribution >= 0.6 is 0 Å². The van der Waals surface area contributed by atoms with Crippen molar-refractivity contribution in [1.29, 1.82) is 0 Å². The minimum absolute atomic E-state index is 0.146. The Morgan fingerprint density at radius 2 is 2.44 bits per heavy atom. The van der Waals surface area contributed by atoms with Gasteiger partial charge in [0.1, 0.15) is 0 Å².